The zero-order valence-corrected chi connectivity index (χ0v) is 14.1. The highest BCUT2D eigenvalue weighted by molar-refractivity contribution is 7.86. The summed E-state index contributed by atoms with van der Waals surface area (Å²) < 4.78 is 33.4. The zero-order valence-electron chi connectivity index (χ0n) is 13.3. The van der Waals surface area contributed by atoms with E-state index in [0.717, 1.165) is 6.26 Å². The summed E-state index contributed by atoms with van der Waals surface area (Å²) in [5, 5.41) is 7.80. The van der Waals surface area contributed by atoms with Gasteiger partial charge in [0.25, 0.3) is 15.7 Å². The van der Waals surface area contributed by atoms with Crippen LogP contribution in [0.15, 0.2) is 29.1 Å². The molecule has 3 rings (SSSR count). The second-order valence-electron chi connectivity index (χ2n) is 5.44. The summed E-state index contributed by atoms with van der Waals surface area (Å²) in [6.07, 6.45) is 2.09. The normalized spacial score (nSPS) is 14.3. The van der Waals surface area contributed by atoms with Crippen LogP contribution in [0, 0.1) is 0 Å². The van der Waals surface area contributed by atoms with Crippen molar-refractivity contribution in [2.45, 2.75) is 12.8 Å². The first-order valence-corrected chi connectivity index (χ1v) is 9.14. The number of ether oxygens (including phenoxy) is 1. The average Bonchev–Trinajstić information content (AvgIpc) is 2.54. The van der Waals surface area contributed by atoms with Gasteiger partial charge >= 0.3 is 0 Å². The first-order valence-electron chi connectivity index (χ1n) is 7.32. The molecule has 0 saturated carbocycles. The number of H-pyrrole nitrogens is 1. The lowest BCUT2D eigenvalue weighted by Gasteiger charge is -2.29. The Morgan fingerprint density at radius 3 is 2.83 bits per heavy atom. The smallest absolute Gasteiger partial charge is 0.285 e. The standard InChI is InChI=1S/C15H17N3O5S/c1-22-11-6-3-5-10(9-11)13-14-12(15(19)17-16-13)7-4-8-18(14)23-24(2,20)21/h3,5-6,9H,4,7-8H2,1-2H3,(H,17,19). The van der Waals surface area contributed by atoms with Gasteiger partial charge in [-0.2, -0.15) is 13.5 Å². The van der Waals surface area contributed by atoms with E-state index in [1.165, 1.54) is 5.06 Å². The van der Waals surface area contributed by atoms with Gasteiger partial charge < -0.3 is 4.74 Å². The second-order valence-corrected chi connectivity index (χ2v) is 7.00. The Morgan fingerprint density at radius 2 is 2.12 bits per heavy atom. The summed E-state index contributed by atoms with van der Waals surface area (Å²) in [4.78, 5) is 12.1. The van der Waals surface area contributed by atoms with Gasteiger partial charge in [-0.25, -0.2) is 10.2 Å². The number of anilines is 1. The fourth-order valence-corrected chi connectivity index (χ4v) is 3.17. The molecular formula is C15H17N3O5S. The van der Waals surface area contributed by atoms with Crippen molar-refractivity contribution < 1.29 is 17.4 Å². The minimum Gasteiger partial charge on any atom is -0.497 e. The second kappa shape index (κ2) is 6.25. The molecule has 1 aliphatic rings. The average molecular weight is 351 g/mol. The molecule has 1 aromatic heterocycles. The number of rotatable bonds is 4. The van der Waals surface area contributed by atoms with Gasteiger partial charge in [0.1, 0.15) is 17.1 Å². The third kappa shape index (κ3) is 3.26. The molecule has 0 radical (unpaired) electrons. The van der Waals surface area contributed by atoms with Crippen molar-refractivity contribution in [2.24, 2.45) is 0 Å². The molecule has 128 valence electrons. The van der Waals surface area contributed by atoms with Crippen molar-refractivity contribution in [1.29, 1.82) is 0 Å². The van der Waals surface area contributed by atoms with Gasteiger partial charge in [0.05, 0.1) is 13.4 Å². The van der Waals surface area contributed by atoms with E-state index in [9.17, 15) is 13.2 Å². The number of nitrogens with zero attached hydrogens (tertiary/aromatic N) is 2. The fourth-order valence-electron chi connectivity index (χ4n) is 2.70. The van der Waals surface area contributed by atoms with Crippen LogP contribution in [0.25, 0.3) is 11.3 Å². The quantitative estimate of drug-likeness (QED) is 0.880. The number of fused-ring (bicyclic) bond motifs is 1. The Hall–Kier alpha value is -2.39. The van der Waals surface area contributed by atoms with Gasteiger partial charge in [-0.3, -0.25) is 4.79 Å². The predicted octanol–water partition coefficient (Wildman–Crippen LogP) is 1.09. The first-order chi connectivity index (χ1) is 11.4. The number of methoxy groups -OCH3 is 1. The molecule has 0 saturated heterocycles. The molecule has 1 aliphatic heterocycles. The maximum absolute atomic E-state index is 12.1. The highest BCUT2D eigenvalue weighted by atomic mass is 32.2. The molecule has 0 aliphatic carbocycles. The van der Waals surface area contributed by atoms with E-state index in [-0.39, 0.29) is 5.56 Å². The molecule has 0 fully saturated rings. The van der Waals surface area contributed by atoms with Crippen molar-refractivity contribution in [2.75, 3.05) is 25.0 Å². The number of aromatic amines is 1. The Morgan fingerprint density at radius 1 is 1.33 bits per heavy atom. The van der Waals surface area contributed by atoms with Crippen LogP contribution < -0.4 is 15.4 Å². The summed E-state index contributed by atoms with van der Waals surface area (Å²) in [5.41, 5.74) is 1.61. The fraction of sp³-hybridized carbons (Fsp3) is 0.333. The highest BCUT2D eigenvalue weighted by Crippen LogP contribution is 2.35. The van der Waals surface area contributed by atoms with E-state index in [1.807, 2.05) is 0 Å². The summed E-state index contributed by atoms with van der Waals surface area (Å²) in [6.45, 7) is 0.349. The van der Waals surface area contributed by atoms with E-state index in [2.05, 4.69) is 10.2 Å². The van der Waals surface area contributed by atoms with E-state index < -0.39 is 10.1 Å². The van der Waals surface area contributed by atoms with E-state index in [4.69, 9.17) is 9.02 Å². The number of hydroxylamine groups is 1. The molecular weight excluding hydrogens is 334 g/mol. The lowest BCUT2D eigenvalue weighted by Crippen LogP contribution is -2.35. The van der Waals surface area contributed by atoms with Gasteiger partial charge in [-0.05, 0) is 25.0 Å². The van der Waals surface area contributed by atoms with Gasteiger partial charge in [0, 0.05) is 17.7 Å². The number of nitrogens with one attached hydrogen (secondary N) is 1. The number of aromatic nitrogens is 2. The molecule has 8 nitrogen and oxygen atoms in total. The summed E-state index contributed by atoms with van der Waals surface area (Å²) in [7, 11) is -2.18. The van der Waals surface area contributed by atoms with Crippen molar-refractivity contribution in [3.8, 4) is 17.0 Å². The molecule has 0 unspecified atom stereocenters. The third-order valence-electron chi connectivity index (χ3n) is 3.66. The minimum absolute atomic E-state index is 0.349. The van der Waals surface area contributed by atoms with Crippen LogP contribution in [0.4, 0.5) is 5.69 Å². The summed E-state index contributed by atoms with van der Waals surface area (Å²) in [6, 6.07) is 7.13. The molecule has 1 N–H and O–H groups in total. The SMILES string of the molecule is COc1cccc(-c2n[nH]c(=O)c3c2N(OS(C)(=O)=O)CCC3)c1. The lowest BCUT2D eigenvalue weighted by molar-refractivity contribution is 0.277. The van der Waals surface area contributed by atoms with Crippen LogP contribution in [0.1, 0.15) is 12.0 Å². The van der Waals surface area contributed by atoms with E-state index >= 15 is 0 Å². The van der Waals surface area contributed by atoms with Gasteiger partial charge in [0.15, 0.2) is 0 Å². The van der Waals surface area contributed by atoms with Crippen molar-refractivity contribution in [1.82, 2.24) is 10.2 Å². The highest BCUT2D eigenvalue weighted by Gasteiger charge is 2.28. The van der Waals surface area contributed by atoms with Crippen molar-refractivity contribution in [3.63, 3.8) is 0 Å². The Bertz CT molecular complexity index is 923. The molecule has 9 heteroatoms. The molecule has 0 bridgehead atoms. The maximum Gasteiger partial charge on any atom is 0.285 e. The largest absolute Gasteiger partial charge is 0.497 e. The summed E-state index contributed by atoms with van der Waals surface area (Å²) >= 11 is 0. The van der Waals surface area contributed by atoms with Gasteiger partial charge in [0.2, 0.25) is 0 Å². The number of hydrogen-bond donors (Lipinski definition) is 1. The predicted molar refractivity (Wildman–Crippen MR) is 88.4 cm³/mol. The van der Waals surface area contributed by atoms with E-state index in [0.29, 0.717) is 47.6 Å². The molecule has 0 atom stereocenters. The molecule has 0 spiro atoms. The Kier molecular flexibility index (Phi) is 4.29. The Labute approximate surface area is 139 Å². The van der Waals surface area contributed by atoms with Crippen LogP contribution in [0.5, 0.6) is 5.75 Å². The minimum atomic E-state index is -3.73. The molecule has 2 heterocycles. The van der Waals surface area contributed by atoms with Gasteiger partial charge in [-0.15, -0.1) is 4.28 Å². The zero-order chi connectivity index (χ0) is 17.3. The summed E-state index contributed by atoms with van der Waals surface area (Å²) in [5.74, 6) is 0.626. The van der Waals surface area contributed by atoms with Crippen LogP contribution in [-0.2, 0) is 20.8 Å². The van der Waals surface area contributed by atoms with Crippen molar-refractivity contribution >= 4 is 15.8 Å². The molecule has 0 amide bonds. The first kappa shape index (κ1) is 16.5. The van der Waals surface area contributed by atoms with E-state index in [1.54, 1.807) is 31.4 Å². The third-order valence-corrected chi connectivity index (χ3v) is 4.11. The number of hydrogen-bond acceptors (Lipinski definition) is 7. The molecule has 24 heavy (non-hydrogen) atoms. The van der Waals surface area contributed by atoms with Gasteiger partial charge in [-0.1, -0.05) is 12.1 Å². The van der Waals surface area contributed by atoms with Crippen molar-refractivity contribution in [3.05, 3.63) is 40.2 Å². The van der Waals surface area contributed by atoms with Crippen LogP contribution in [0.2, 0.25) is 0 Å². The monoisotopic (exact) mass is 351 g/mol. The van der Waals surface area contributed by atoms with Crippen LogP contribution in [0.3, 0.4) is 0 Å². The topological polar surface area (TPSA) is 102 Å². The molecule has 1 aromatic carbocycles. The lowest BCUT2D eigenvalue weighted by atomic mass is 10.0. The van der Waals surface area contributed by atoms with Crippen LogP contribution in [-0.4, -0.2) is 38.5 Å². The number of benzene rings is 1. The Balaban J connectivity index is 2.19. The maximum atomic E-state index is 12.1. The van der Waals surface area contributed by atoms with Crippen LogP contribution >= 0.6 is 0 Å². The molecule has 2 aromatic rings.